The van der Waals surface area contributed by atoms with Crippen molar-refractivity contribution in [2.75, 3.05) is 4.90 Å². The average molecular weight is 601 g/mol. The molecule has 0 atom stereocenters. The minimum absolute atomic E-state index is 0.211. The number of carbonyl (C=O) groups excluding carboxylic acids is 3. The predicted octanol–water partition coefficient (Wildman–Crippen LogP) is 7.43. The molecule has 42 heavy (non-hydrogen) atoms. The molecule has 1 aliphatic rings. The van der Waals surface area contributed by atoms with Gasteiger partial charge in [-0.2, -0.15) is 0 Å². The van der Waals surface area contributed by atoms with Crippen molar-refractivity contribution in [2.24, 2.45) is 0 Å². The number of hydrogen-bond acceptors (Lipinski definition) is 5. The Balaban J connectivity index is 1.28. The normalized spacial score (nSPS) is 14.2. The fourth-order valence-electron chi connectivity index (χ4n) is 4.28. The SMILES string of the molecule is Cc1ccc(COc2ccc(/C=C3\C(=O)NC(=O)N(c4ccc(OCc5ccc(Cl)cc5)cc4)C3=O)cc2Cl)cc1C. The van der Waals surface area contributed by atoms with Crippen LogP contribution >= 0.6 is 23.2 Å². The minimum atomic E-state index is -0.842. The molecule has 212 valence electrons. The van der Waals surface area contributed by atoms with Crippen LogP contribution in [0.1, 0.15) is 27.8 Å². The van der Waals surface area contributed by atoms with Crippen molar-refractivity contribution < 1.29 is 23.9 Å². The fourth-order valence-corrected chi connectivity index (χ4v) is 4.65. The number of nitrogens with one attached hydrogen (secondary N) is 1. The Morgan fingerprint density at radius 2 is 1.45 bits per heavy atom. The molecule has 1 saturated heterocycles. The number of barbiturate groups is 1. The Labute approximate surface area is 253 Å². The standard InChI is InChI=1S/C33H26Cl2N2O5/c1-20-3-4-24(15-21(20)2)19-42-30-14-7-23(17-29(30)35)16-28-31(38)36-33(40)37(32(28)39)26-10-12-27(13-11-26)41-18-22-5-8-25(34)9-6-22/h3-17H,18-19H2,1-2H3,(H,36,38,40)/b28-16+. The van der Waals surface area contributed by atoms with Gasteiger partial charge in [-0.15, -0.1) is 0 Å². The molecule has 1 heterocycles. The van der Waals surface area contributed by atoms with Gasteiger partial charge in [-0.3, -0.25) is 14.9 Å². The van der Waals surface area contributed by atoms with E-state index >= 15 is 0 Å². The summed E-state index contributed by atoms with van der Waals surface area (Å²) in [6.45, 7) is 4.75. The van der Waals surface area contributed by atoms with E-state index in [9.17, 15) is 14.4 Å². The summed E-state index contributed by atoms with van der Waals surface area (Å²) < 4.78 is 11.7. The average Bonchev–Trinajstić information content (AvgIpc) is 2.97. The van der Waals surface area contributed by atoms with E-state index in [-0.39, 0.29) is 11.3 Å². The summed E-state index contributed by atoms with van der Waals surface area (Å²) in [6, 6.07) is 23.9. The molecule has 0 saturated carbocycles. The Morgan fingerprint density at radius 3 is 2.14 bits per heavy atom. The summed E-state index contributed by atoms with van der Waals surface area (Å²) in [6.07, 6.45) is 1.39. The number of halogens is 2. The fraction of sp³-hybridized carbons (Fsp3) is 0.121. The highest BCUT2D eigenvalue weighted by molar-refractivity contribution is 6.39. The van der Waals surface area contributed by atoms with Gasteiger partial charge in [-0.05, 0) is 96.3 Å². The molecular formula is C33H26Cl2N2O5. The number of ether oxygens (including phenoxy) is 2. The molecule has 0 unspecified atom stereocenters. The molecule has 7 nitrogen and oxygen atoms in total. The zero-order chi connectivity index (χ0) is 29.8. The lowest BCUT2D eigenvalue weighted by atomic mass is 10.1. The van der Waals surface area contributed by atoms with E-state index in [1.54, 1.807) is 54.6 Å². The monoisotopic (exact) mass is 600 g/mol. The second-order valence-corrected chi connectivity index (χ2v) is 10.6. The van der Waals surface area contributed by atoms with Gasteiger partial charge in [0.2, 0.25) is 0 Å². The molecule has 9 heteroatoms. The molecule has 0 spiro atoms. The molecule has 4 amide bonds. The van der Waals surface area contributed by atoms with Crippen LogP contribution in [0.2, 0.25) is 10.0 Å². The smallest absolute Gasteiger partial charge is 0.335 e. The van der Waals surface area contributed by atoms with Gasteiger partial charge >= 0.3 is 6.03 Å². The maximum atomic E-state index is 13.3. The lowest BCUT2D eigenvalue weighted by molar-refractivity contribution is -0.122. The first-order valence-electron chi connectivity index (χ1n) is 13.1. The lowest BCUT2D eigenvalue weighted by Gasteiger charge is -2.26. The number of hydrogen-bond donors (Lipinski definition) is 1. The van der Waals surface area contributed by atoms with Crippen LogP contribution in [0.4, 0.5) is 10.5 Å². The predicted molar refractivity (Wildman–Crippen MR) is 163 cm³/mol. The van der Waals surface area contributed by atoms with Crippen LogP contribution in [0.25, 0.3) is 6.08 Å². The van der Waals surface area contributed by atoms with E-state index in [1.165, 1.54) is 17.2 Å². The molecule has 0 aromatic heterocycles. The highest BCUT2D eigenvalue weighted by Gasteiger charge is 2.36. The number of urea groups is 1. The molecular weight excluding hydrogens is 575 g/mol. The van der Waals surface area contributed by atoms with Crippen molar-refractivity contribution in [1.82, 2.24) is 5.32 Å². The van der Waals surface area contributed by atoms with Crippen LogP contribution in [0.3, 0.4) is 0 Å². The van der Waals surface area contributed by atoms with Crippen LogP contribution in [0.15, 0.2) is 90.5 Å². The van der Waals surface area contributed by atoms with Gasteiger partial charge in [0.25, 0.3) is 11.8 Å². The van der Waals surface area contributed by atoms with Gasteiger partial charge in [0.15, 0.2) is 0 Å². The third-order valence-corrected chi connectivity index (χ3v) is 7.30. The lowest BCUT2D eigenvalue weighted by Crippen LogP contribution is -2.54. The van der Waals surface area contributed by atoms with Gasteiger partial charge in [-0.1, -0.05) is 59.6 Å². The number of amides is 4. The molecule has 5 rings (SSSR count). The van der Waals surface area contributed by atoms with Crippen LogP contribution < -0.4 is 19.7 Å². The zero-order valence-corrected chi connectivity index (χ0v) is 24.3. The number of rotatable bonds is 8. The van der Waals surface area contributed by atoms with E-state index < -0.39 is 17.8 Å². The second-order valence-electron chi connectivity index (χ2n) is 9.76. The van der Waals surface area contributed by atoms with Gasteiger partial charge < -0.3 is 9.47 Å². The van der Waals surface area contributed by atoms with Crippen LogP contribution in [0, 0.1) is 13.8 Å². The third kappa shape index (κ3) is 6.65. The molecule has 1 fully saturated rings. The topological polar surface area (TPSA) is 84.9 Å². The molecule has 0 radical (unpaired) electrons. The Hall–Kier alpha value is -4.59. The number of nitrogens with zero attached hydrogens (tertiary/aromatic N) is 1. The molecule has 0 aliphatic carbocycles. The van der Waals surface area contributed by atoms with Crippen LogP contribution in [0.5, 0.6) is 11.5 Å². The van der Waals surface area contributed by atoms with E-state index in [1.807, 2.05) is 38.1 Å². The summed E-state index contributed by atoms with van der Waals surface area (Å²) in [4.78, 5) is 39.5. The molecule has 4 aromatic rings. The Morgan fingerprint density at radius 1 is 0.762 bits per heavy atom. The minimum Gasteiger partial charge on any atom is -0.489 e. The first-order valence-corrected chi connectivity index (χ1v) is 13.8. The summed E-state index contributed by atoms with van der Waals surface area (Å²) in [7, 11) is 0. The molecule has 0 bridgehead atoms. The largest absolute Gasteiger partial charge is 0.489 e. The van der Waals surface area contributed by atoms with E-state index in [0.717, 1.165) is 16.0 Å². The highest BCUT2D eigenvalue weighted by atomic mass is 35.5. The maximum Gasteiger partial charge on any atom is 0.335 e. The number of aryl methyl sites for hydroxylation is 2. The van der Waals surface area contributed by atoms with Crippen LogP contribution in [-0.2, 0) is 22.8 Å². The maximum absolute atomic E-state index is 13.3. The van der Waals surface area contributed by atoms with E-state index in [0.29, 0.717) is 40.3 Å². The Kier molecular flexibility index (Phi) is 8.61. The quantitative estimate of drug-likeness (QED) is 0.168. The summed E-state index contributed by atoms with van der Waals surface area (Å²) >= 11 is 12.4. The van der Waals surface area contributed by atoms with Crippen LogP contribution in [-0.4, -0.2) is 17.8 Å². The van der Waals surface area contributed by atoms with Gasteiger partial charge in [0, 0.05) is 5.02 Å². The van der Waals surface area contributed by atoms with Gasteiger partial charge in [0.05, 0.1) is 10.7 Å². The summed E-state index contributed by atoms with van der Waals surface area (Å²) in [5, 5.41) is 3.18. The molecule has 1 aliphatic heterocycles. The van der Waals surface area contributed by atoms with Crippen molar-refractivity contribution in [2.45, 2.75) is 27.1 Å². The van der Waals surface area contributed by atoms with Gasteiger partial charge in [0.1, 0.15) is 30.3 Å². The number of anilines is 1. The van der Waals surface area contributed by atoms with Gasteiger partial charge in [-0.25, -0.2) is 9.69 Å². The number of benzene rings is 4. The van der Waals surface area contributed by atoms with Crippen molar-refractivity contribution in [3.8, 4) is 11.5 Å². The van der Waals surface area contributed by atoms with E-state index in [2.05, 4.69) is 11.4 Å². The number of imide groups is 2. The summed E-state index contributed by atoms with van der Waals surface area (Å²) in [5.41, 5.74) is 4.88. The van der Waals surface area contributed by atoms with Crippen molar-refractivity contribution >= 4 is 52.8 Å². The first kappa shape index (κ1) is 28.9. The van der Waals surface area contributed by atoms with E-state index in [4.69, 9.17) is 32.7 Å². The third-order valence-electron chi connectivity index (χ3n) is 6.75. The second kappa shape index (κ2) is 12.5. The highest BCUT2D eigenvalue weighted by Crippen LogP contribution is 2.29. The first-order chi connectivity index (χ1) is 20.2. The van der Waals surface area contributed by atoms with Crippen molar-refractivity contribution in [3.63, 3.8) is 0 Å². The number of carbonyl (C=O) groups is 3. The molecule has 1 N–H and O–H groups in total. The van der Waals surface area contributed by atoms with Crippen molar-refractivity contribution in [3.05, 3.63) is 128 Å². The molecule has 4 aromatic carbocycles. The van der Waals surface area contributed by atoms with Crippen molar-refractivity contribution in [1.29, 1.82) is 0 Å². The summed E-state index contributed by atoms with van der Waals surface area (Å²) in [5.74, 6) is -0.549. The Bertz CT molecular complexity index is 1700. The zero-order valence-electron chi connectivity index (χ0n) is 22.8.